The molecule has 8 heteroatoms. The fourth-order valence-electron chi connectivity index (χ4n) is 2.71. The fraction of sp³-hybridized carbons (Fsp3) is 0.0500. The fourth-order valence-corrected chi connectivity index (χ4v) is 3.91. The summed E-state index contributed by atoms with van der Waals surface area (Å²) < 4.78 is 5.31. The molecule has 0 saturated carbocycles. The summed E-state index contributed by atoms with van der Waals surface area (Å²) in [5.74, 6) is 0.470. The zero-order valence-electron chi connectivity index (χ0n) is 14.7. The van der Waals surface area contributed by atoms with Gasteiger partial charge in [0.2, 0.25) is 0 Å². The molecular weight excluding hydrogens is 414 g/mol. The number of aromatic nitrogens is 1. The van der Waals surface area contributed by atoms with E-state index in [1.165, 1.54) is 11.8 Å². The maximum absolute atomic E-state index is 12.1. The number of hydrogen-bond donors (Lipinski definition) is 2. The average Bonchev–Trinajstić information content (AvgIpc) is 3.00. The zero-order valence-corrected chi connectivity index (χ0v) is 17.0. The molecule has 0 atom stereocenters. The standard InChI is InChI=1S/C20H14ClN3O2S2/c1-26-14-5-2-11-8-12(9-17-18(25)24-20(27)23-17)19(22-16(11)10-14)28-15-6-3-13(21)4-7-15/h2-10H,1H3,(H2,23,24,25,27)/b17-9+. The van der Waals surface area contributed by atoms with E-state index in [1.54, 1.807) is 13.2 Å². The van der Waals surface area contributed by atoms with Crippen molar-refractivity contribution in [2.24, 2.45) is 0 Å². The van der Waals surface area contributed by atoms with Gasteiger partial charge in [-0.25, -0.2) is 4.98 Å². The van der Waals surface area contributed by atoms with Crippen molar-refractivity contribution in [1.82, 2.24) is 15.6 Å². The number of amides is 1. The molecular formula is C20H14ClN3O2S2. The van der Waals surface area contributed by atoms with Crippen LogP contribution < -0.4 is 15.4 Å². The highest BCUT2D eigenvalue weighted by Crippen LogP contribution is 2.33. The van der Waals surface area contributed by atoms with Crippen molar-refractivity contribution in [1.29, 1.82) is 0 Å². The third-order valence-corrected chi connectivity index (χ3v) is 5.55. The van der Waals surface area contributed by atoms with Gasteiger partial charge in [-0.05, 0) is 60.8 Å². The van der Waals surface area contributed by atoms with Crippen LogP contribution in [-0.2, 0) is 4.79 Å². The number of halogens is 1. The Morgan fingerprint density at radius 3 is 2.61 bits per heavy atom. The Hall–Kier alpha value is -2.61. The molecule has 0 spiro atoms. The van der Waals surface area contributed by atoms with Gasteiger partial charge < -0.3 is 10.1 Å². The predicted octanol–water partition coefficient (Wildman–Crippen LogP) is 4.39. The molecule has 1 fully saturated rings. The number of rotatable bonds is 4. The second-order valence-electron chi connectivity index (χ2n) is 5.96. The number of methoxy groups -OCH3 is 1. The maximum atomic E-state index is 12.1. The molecule has 28 heavy (non-hydrogen) atoms. The van der Waals surface area contributed by atoms with Gasteiger partial charge in [-0.3, -0.25) is 10.1 Å². The molecule has 3 aromatic rings. The Morgan fingerprint density at radius 1 is 1.14 bits per heavy atom. The molecule has 5 nitrogen and oxygen atoms in total. The third kappa shape index (κ3) is 3.96. The van der Waals surface area contributed by atoms with Gasteiger partial charge in [-0.15, -0.1) is 0 Å². The molecule has 2 aromatic carbocycles. The van der Waals surface area contributed by atoms with Crippen molar-refractivity contribution in [2.75, 3.05) is 7.11 Å². The summed E-state index contributed by atoms with van der Waals surface area (Å²) >= 11 is 12.5. The Morgan fingerprint density at radius 2 is 1.93 bits per heavy atom. The lowest BCUT2D eigenvalue weighted by Crippen LogP contribution is -2.21. The van der Waals surface area contributed by atoms with Gasteiger partial charge in [0.1, 0.15) is 16.5 Å². The number of hydrogen-bond acceptors (Lipinski definition) is 5. The second kappa shape index (κ2) is 7.79. The average molecular weight is 428 g/mol. The predicted molar refractivity (Wildman–Crippen MR) is 116 cm³/mol. The molecule has 0 bridgehead atoms. The number of fused-ring (bicyclic) bond motifs is 1. The molecule has 140 valence electrons. The summed E-state index contributed by atoms with van der Waals surface area (Å²) in [6.07, 6.45) is 1.75. The van der Waals surface area contributed by atoms with Gasteiger partial charge in [0.25, 0.3) is 5.91 Å². The molecule has 1 saturated heterocycles. The van der Waals surface area contributed by atoms with E-state index < -0.39 is 0 Å². The molecule has 1 aliphatic heterocycles. The Bertz CT molecular complexity index is 1130. The maximum Gasteiger partial charge on any atom is 0.273 e. The Balaban J connectivity index is 1.83. The van der Waals surface area contributed by atoms with E-state index in [1.807, 2.05) is 48.5 Å². The Kier molecular flexibility index (Phi) is 5.21. The summed E-state index contributed by atoms with van der Waals surface area (Å²) in [7, 11) is 1.62. The lowest BCUT2D eigenvalue weighted by atomic mass is 10.1. The summed E-state index contributed by atoms with van der Waals surface area (Å²) in [5.41, 5.74) is 2.00. The first-order valence-electron chi connectivity index (χ1n) is 8.28. The summed E-state index contributed by atoms with van der Waals surface area (Å²) in [6, 6.07) is 15.2. The van der Waals surface area contributed by atoms with Crippen LogP contribution in [0.25, 0.3) is 17.0 Å². The van der Waals surface area contributed by atoms with Crippen LogP contribution in [0.5, 0.6) is 5.75 Å². The number of carbonyl (C=O) groups excluding carboxylic acids is 1. The van der Waals surface area contributed by atoms with Crippen LogP contribution in [-0.4, -0.2) is 23.1 Å². The van der Waals surface area contributed by atoms with Crippen molar-refractivity contribution >= 4 is 63.6 Å². The third-order valence-electron chi connectivity index (χ3n) is 4.07. The van der Waals surface area contributed by atoms with Crippen LogP contribution >= 0.6 is 35.6 Å². The van der Waals surface area contributed by atoms with Gasteiger partial charge in [-0.2, -0.15) is 0 Å². The molecule has 0 radical (unpaired) electrons. The molecule has 4 rings (SSSR count). The zero-order chi connectivity index (χ0) is 19.7. The first-order chi connectivity index (χ1) is 13.5. The van der Waals surface area contributed by atoms with E-state index >= 15 is 0 Å². The van der Waals surface area contributed by atoms with Crippen molar-refractivity contribution in [3.63, 3.8) is 0 Å². The highest BCUT2D eigenvalue weighted by molar-refractivity contribution is 7.99. The first kappa shape index (κ1) is 18.7. The summed E-state index contributed by atoms with van der Waals surface area (Å²) in [5, 5.41) is 8.10. The van der Waals surface area contributed by atoms with E-state index in [9.17, 15) is 4.79 Å². The van der Waals surface area contributed by atoms with Crippen LogP contribution in [0.4, 0.5) is 0 Å². The van der Waals surface area contributed by atoms with Crippen molar-refractivity contribution in [2.45, 2.75) is 9.92 Å². The van der Waals surface area contributed by atoms with Gasteiger partial charge in [0.15, 0.2) is 5.11 Å². The van der Waals surface area contributed by atoms with Crippen molar-refractivity contribution < 1.29 is 9.53 Å². The largest absolute Gasteiger partial charge is 0.497 e. The minimum absolute atomic E-state index is 0.262. The first-order valence-corrected chi connectivity index (χ1v) is 9.88. The normalized spacial score (nSPS) is 15.0. The molecule has 0 unspecified atom stereocenters. The van der Waals surface area contributed by atoms with E-state index in [0.29, 0.717) is 15.8 Å². The van der Waals surface area contributed by atoms with Crippen LogP contribution in [0.3, 0.4) is 0 Å². The Labute approximate surface area is 176 Å². The van der Waals surface area contributed by atoms with Gasteiger partial charge >= 0.3 is 0 Å². The quantitative estimate of drug-likeness (QED) is 0.475. The van der Waals surface area contributed by atoms with Crippen LogP contribution in [0.15, 0.2) is 64.1 Å². The number of carbonyl (C=O) groups is 1. The van der Waals surface area contributed by atoms with Crippen molar-refractivity contribution in [3.8, 4) is 5.75 Å². The molecule has 1 aromatic heterocycles. The topological polar surface area (TPSA) is 63.2 Å². The monoisotopic (exact) mass is 427 g/mol. The van der Waals surface area contributed by atoms with Gasteiger partial charge in [0.05, 0.1) is 12.6 Å². The SMILES string of the molecule is COc1ccc2cc(/C=C3/NC(=S)NC3=O)c(Sc3ccc(Cl)cc3)nc2c1. The summed E-state index contributed by atoms with van der Waals surface area (Å²) in [4.78, 5) is 17.8. The lowest BCUT2D eigenvalue weighted by Gasteiger charge is -2.10. The molecule has 0 aliphatic carbocycles. The number of thiocarbonyl (C=S) groups is 1. The van der Waals surface area contributed by atoms with Gasteiger partial charge in [0, 0.05) is 26.9 Å². The number of ether oxygens (including phenoxy) is 1. The highest BCUT2D eigenvalue weighted by Gasteiger charge is 2.21. The number of pyridine rings is 1. The van der Waals surface area contributed by atoms with E-state index in [4.69, 9.17) is 33.5 Å². The van der Waals surface area contributed by atoms with Gasteiger partial charge in [-0.1, -0.05) is 23.4 Å². The molecule has 2 N–H and O–H groups in total. The second-order valence-corrected chi connectivity index (χ2v) is 7.87. The van der Waals surface area contributed by atoms with Crippen molar-refractivity contribution in [3.05, 3.63) is 64.8 Å². The van der Waals surface area contributed by atoms with Crippen LogP contribution in [0.1, 0.15) is 5.56 Å². The molecule has 1 aliphatic rings. The summed E-state index contributed by atoms with van der Waals surface area (Å²) in [6.45, 7) is 0. The van der Waals surface area contributed by atoms with E-state index in [2.05, 4.69) is 10.6 Å². The lowest BCUT2D eigenvalue weighted by molar-refractivity contribution is -0.115. The minimum Gasteiger partial charge on any atom is -0.497 e. The molecule has 2 heterocycles. The smallest absolute Gasteiger partial charge is 0.273 e. The molecule has 1 amide bonds. The van der Waals surface area contributed by atoms with Crippen LogP contribution in [0.2, 0.25) is 5.02 Å². The minimum atomic E-state index is -0.262. The highest BCUT2D eigenvalue weighted by atomic mass is 35.5. The van der Waals surface area contributed by atoms with Crippen LogP contribution in [0, 0.1) is 0 Å². The number of nitrogens with one attached hydrogen (secondary N) is 2. The van der Waals surface area contributed by atoms with E-state index in [0.717, 1.165) is 32.1 Å². The van der Waals surface area contributed by atoms with E-state index in [-0.39, 0.29) is 5.91 Å². The number of benzene rings is 2. The number of nitrogens with zero attached hydrogens (tertiary/aromatic N) is 1.